The van der Waals surface area contributed by atoms with Gasteiger partial charge in [0.2, 0.25) is 5.91 Å². The highest BCUT2D eigenvalue weighted by Crippen LogP contribution is 2.10. The summed E-state index contributed by atoms with van der Waals surface area (Å²) < 4.78 is 1.15. The molecule has 1 aromatic carbocycles. The summed E-state index contributed by atoms with van der Waals surface area (Å²) in [5, 5.41) is 2.74. The molecule has 0 fully saturated rings. The van der Waals surface area contributed by atoms with Gasteiger partial charge in [-0.25, -0.2) is 0 Å². The standard InChI is InChI=1S/C10H10INO/c1-2-3-10(13)12-9-6-4-8(11)5-7-9/h2-7H,1H3,(H,12,13). The first-order valence-corrected chi connectivity index (χ1v) is 4.99. The second-order valence-corrected chi connectivity index (χ2v) is 3.74. The van der Waals surface area contributed by atoms with Crippen LogP contribution >= 0.6 is 22.6 Å². The van der Waals surface area contributed by atoms with Crippen molar-refractivity contribution in [3.05, 3.63) is 40.0 Å². The number of anilines is 1. The summed E-state index contributed by atoms with van der Waals surface area (Å²) in [5.74, 6) is -0.0938. The molecule has 0 saturated heterocycles. The molecule has 3 heteroatoms. The number of allylic oxidation sites excluding steroid dienone is 1. The molecular formula is C10H10INO. The monoisotopic (exact) mass is 287 g/mol. The van der Waals surface area contributed by atoms with Gasteiger partial charge in [0.15, 0.2) is 0 Å². The van der Waals surface area contributed by atoms with Crippen LogP contribution in [0.5, 0.6) is 0 Å². The molecule has 0 aliphatic rings. The molecule has 0 spiro atoms. The average molecular weight is 287 g/mol. The van der Waals surface area contributed by atoms with E-state index in [-0.39, 0.29) is 5.91 Å². The van der Waals surface area contributed by atoms with Gasteiger partial charge in [-0.2, -0.15) is 0 Å². The zero-order chi connectivity index (χ0) is 9.68. The van der Waals surface area contributed by atoms with Crippen molar-refractivity contribution in [1.29, 1.82) is 0 Å². The summed E-state index contributed by atoms with van der Waals surface area (Å²) in [6.07, 6.45) is 3.21. The third kappa shape index (κ3) is 3.59. The van der Waals surface area contributed by atoms with E-state index in [1.54, 1.807) is 6.08 Å². The van der Waals surface area contributed by atoms with E-state index in [0.717, 1.165) is 9.26 Å². The highest BCUT2D eigenvalue weighted by molar-refractivity contribution is 14.1. The van der Waals surface area contributed by atoms with E-state index >= 15 is 0 Å². The zero-order valence-electron chi connectivity index (χ0n) is 7.25. The first kappa shape index (κ1) is 10.2. The fraction of sp³-hybridized carbons (Fsp3) is 0.100. The Morgan fingerprint density at radius 1 is 1.38 bits per heavy atom. The van der Waals surface area contributed by atoms with Crippen LogP contribution in [0, 0.1) is 3.57 Å². The number of hydrogen-bond acceptors (Lipinski definition) is 1. The van der Waals surface area contributed by atoms with Crippen molar-refractivity contribution in [1.82, 2.24) is 0 Å². The number of rotatable bonds is 2. The number of amides is 1. The van der Waals surface area contributed by atoms with Gasteiger partial charge < -0.3 is 5.32 Å². The zero-order valence-corrected chi connectivity index (χ0v) is 9.41. The maximum atomic E-state index is 11.1. The first-order chi connectivity index (χ1) is 6.22. The van der Waals surface area contributed by atoms with Crippen LogP contribution in [0.15, 0.2) is 36.4 Å². The highest BCUT2D eigenvalue weighted by Gasteiger charge is 1.95. The van der Waals surface area contributed by atoms with Crippen molar-refractivity contribution >= 4 is 34.2 Å². The Morgan fingerprint density at radius 3 is 2.54 bits per heavy atom. The van der Waals surface area contributed by atoms with Gasteiger partial charge in [0.05, 0.1) is 0 Å². The van der Waals surface area contributed by atoms with Gasteiger partial charge in [-0.05, 0) is 59.9 Å². The summed E-state index contributed by atoms with van der Waals surface area (Å²) in [6.45, 7) is 1.81. The third-order valence-electron chi connectivity index (χ3n) is 1.43. The smallest absolute Gasteiger partial charge is 0.248 e. The van der Waals surface area contributed by atoms with E-state index in [4.69, 9.17) is 0 Å². The summed E-state index contributed by atoms with van der Waals surface area (Å²) in [7, 11) is 0. The van der Waals surface area contributed by atoms with E-state index in [0.29, 0.717) is 0 Å². The van der Waals surface area contributed by atoms with Crippen LogP contribution in [0.3, 0.4) is 0 Å². The van der Waals surface area contributed by atoms with Crippen LogP contribution in [-0.4, -0.2) is 5.91 Å². The number of benzene rings is 1. The Bertz CT molecular complexity index is 316. The Morgan fingerprint density at radius 2 is 2.00 bits per heavy atom. The number of hydrogen-bond donors (Lipinski definition) is 1. The molecule has 0 saturated carbocycles. The minimum absolute atomic E-state index is 0.0938. The van der Waals surface area contributed by atoms with Crippen molar-refractivity contribution in [2.24, 2.45) is 0 Å². The van der Waals surface area contributed by atoms with Crippen molar-refractivity contribution in [2.45, 2.75) is 6.92 Å². The molecule has 68 valence electrons. The Balaban J connectivity index is 2.64. The minimum Gasteiger partial charge on any atom is -0.323 e. The molecule has 0 bridgehead atoms. The molecule has 2 nitrogen and oxygen atoms in total. The molecule has 1 rings (SSSR count). The molecule has 0 atom stereocenters. The number of carbonyl (C=O) groups excluding carboxylic acids is 1. The van der Waals surface area contributed by atoms with E-state index in [9.17, 15) is 4.79 Å². The average Bonchev–Trinajstić information content (AvgIpc) is 2.09. The topological polar surface area (TPSA) is 29.1 Å². The fourth-order valence-electron chi connectivity index (χ4n) is 0.869. The Kier molecular flexibility index (Phi) is 3.95. The van der Waals surface area contributed by atoms with Gasteiger partial charge >= 0.3 is 0 Å². The minimum atomic E-state index is -0.0938. The lowest BCUT2D eigenvalue weighted by atomic mass is 10.3. The number of nitrogens with one attached hydrogen (secondary N) is 1. The lowest BCUT2D eigenvalue weighted by molar-refractivity contribution is -0.111. The molecule has 1 N–H and O–H groups in total. The summed E-state index contributed by atoms with van der Waals surface area (Å²) in [6, 6.07) is 7.66. The molecule has 0 aliphatic heterocycles. The quantitative estimate of drug-likeness (QED) is 0.657. The van der Waals surface area contributed by atoms with Gasteiger partial charge in [0, 0.05) is 9.26 Å². The summed E-state index contributed by atoms with van der Waals surface area (Å²) >= 11 is 2.22. The van der Waals surface area contributed by atoms with Crippen LogP contribution in [0.1, 0.15) is 6.92 Å². The molecule has 0 aromatic heterocycles. The first-order valence-electron chi connectivity index (χ1n) is 3.91. The summed E-state index contributed by atoms with van der Waals surface area (Å²) in [4.78, 5) is 11.1. The summed E-state index contributed by atoms with van der Waals surface area (Å²) in [5.41, 5.74) is 0.823. The molecule has 0 unspecified atom stereocenters. The third-order valence-corrected chi connectivity index (χ3v) is 2.15. The predicted molar refractivity (Wildman–Crippen MR) is 62.6 cm³/mol. The van der Waals surface area contributed by atoms with Gasteiger partial charge in [0.25, 0.3) is 0 Å². The van der Waals surface area contributed by atoms with Gasteiger partial charge in [-0.3, -0.25) is 4.79 Å². The molecule has 13 heavy (non-hydrogen) atoms. The van der Waals surface area contributed by atoms with Crippen molar-refractivity contribution in [2.75, 3.05) is 5.32 Å². The number of carbonyl (C=O) groups is 1. The SMILES string of the molecule is CC=CC(=O)Nc1ccc(I)cc1. The largest absolute Gasteiger partial charge is 0.323 e. The van der Waals surface area contributed by atoms with Crippen molar-refractivity contribution < 1.29 is 4.79 Å². The fourth-order valence-corrected chi connectivity index (χ4v) is 1.23. The Hall–Kier alpha value is -0.840. The highest BCUT2D eigenvalue weighted by atomic mass is 127. The number of halogens is 1. The van der Waals surface area contributed by atoms with Crippen LogP contribution in [0.4, 0.5) is 5.69 Å². The lowest BCUT2D eigenvalue weighted by Crippen LogP contribution is -2.07. The maximum Gasteiger partial charge on any atom is 0.248 e. The second kappa shape index (κ2) is 5.01. The molecule has 0 aliphatic carbocycles. The molecule has 1 aromatic rings. The second-order valence-electron chi connectivity index (χ2n) is 2.50. The van der Waals surface area contributed by atoms with Crippen LogP contribution in [0.25, 0.3) is 0 Å². The van der Waals surface area contributed by atoms with Crippen molar-refractivity contribution in [3.8, 4) is 0 Å². The van der Waals surface area contributed by atoms with Gasteiger partial charge in [0.1, 0.15) is 0 Å². The van der Waals surface area contributed by atoms with E-state index in [1.807, 2.05) is 31.2 Å². The van der Waals surface area contributed by atoms with Crippen LogP contribution in [0.2, 0.25) is 0 Å². The van der Waals surface area contributed by atoms with Crippen LogP contribution in [-0.2, 0) is 4.79 Å². The molecule has 1 amide bonds. The van der Waals surface area contributed by atoms with E-state index < -0.39 is 0 Å². The van der Waals surface area contributed by atoms with E-state index in [2.05, 4.69) is 27.9 Å². The Labute approximate surface area is 91.2 Å². The van der Waals surface area contributed by atoms with Crippen molar-refractivity contribution in [3.63, 3.8) is 0 Å². The maximum absolute atomic E-state index is 11.1. The normalized spacial score (nSPS) is 10.3. The molecular weight excluding hydrogens is 277 g/mol. The van der Waals surface area contributed by atoms with Gasteiger partial charge in [-0.1, -0.05) is 6.08 Å². The van der Waals surface area contributed by atoms with Gasteiger partial charge in [-0.15, -0.1) is 0 Å². The molecule has 0 radical (unpaired) electrons. The van der Waals surface area contributed by atoms with E-state index in [1.165, 1.54) is 6.08 Å². The predicted octanol–water partition coefficient (Wildman–Crippen LogP) is 2.81. The van der Waals surface area contributed by atoms with Crippen LogP contribution < -0.4 is 5.32 Å². The molecule has 0 heterocycles. The lowest BCUT2D eigenvalue weighted by Gasteiger charge is -2.00.